The van der Waals surface area contributed by atoms with Crippen LogP contribution in [0.25, 0.3) is 10.1 Å². The summed E-state index contributed by atoms with van der Waals surface area (Å²) in [5.74, 6) is -1.02. The van der Waals surface area contributed by atoms with E-state index in [0.717, 1.165) is 43.7 Å². The summed E-state index contributed by atoms with van der Waals surface area (Å²) in [6.07, 6.45) is 3.85. The van der Waals surface area contributed by atoms with E-state index in [9.17, 15) is 18.0 Å². The quantitative estimate of drug-likeness (QED) is 0.638. The molecule has 32 heavy (non-hydrogen) atoms. The van der Waals surface area contributed by atoms with Crippen molar-refractivity contribution in [2.75, 3.05) is 32.8 Å². The largest absolute Gasteiger partial charge is 0.462 e. The van der Waals surface area contributed by atoms with Gasteiger partial charge in [-0.2, -0.15) is 4.31 Å². The van der Waals surface area contributed by atoms with Gasteiger partial charge in [0, 0.05) is 23.2 Å². The fourth-order valence-electron chi connectivity index (χ4n) is 4.87. The third kappa shape index (κ3) is 3.93. The van der Waals surface area contributed by atoms with Crippen molar-refractivity contribution in [1.29, 1.82) is 0 Å². The average molecular weight is 480 g/mol. The molecule has 1 aromatic heterocycles. The number of benzene rings is 1. The molecule has 174 valence electrons. The van der Waals surface area contributed by atoms with Gasteiger partial charge in [-0.3, -0.25) is 9.69 Å². The summed E-state index contributed by atoms with van der Waals surface area (Å²) >= 11 is 1.13. The Morgan fingerprint density at radius 1 is 1.09 bits per heavy atom. The van der Waals surface area contributed by atoms with Crippen molar-refractivity contribution in [3.63, 3.8) is 0 Å². The van der Waals surface area contributed by atoms with Crippen molar-refractivity contribution >= 4 is 43.3 Å². The van der Waals surface area contributed by atoms with Gasteiger partial charge in [-0.05, 0) is 51.8 Å². The predicted molar refractivity (Wildman–Crippen MR) is 123 cm³/mol. The first-order chi connectivity index (χ1) is 15.3. The lowest BCUT2D eigenvalue weighted by atomic mass is 9.84. The van der Waals surface area contributed by atoms with E-state index in [2.05, 4.69) is 4.90 Å². The number of nitrogens with two attached hydrogens (primary N) is 1. The van der Waals surface area contributed by atoms with E-state index in [1.165, 1.54) is 4.31 Å². The minimum atomic E-state index is -3.97. The molecule has 0 saturated carbocycles. The molecule has 0 bridgehead atoms. The molecule has 1 amide bonds. The lowest BCUT2D eigenvalue weighted by Gasteiger charge is -2.47. The molecule has 0 spiro atoms. The highest BCUT2D eigenvalue weighted by atomic mass is 32.2. The first kappa shape index (κ1) is 23.2. The van der Waals surface area contributed by atoms with Crippen LogP contribution < -0.4 is 5.73 Å². The molecule has 8 nitrogen and oxygen atoms in total. The number of carbonyl (C=O) groups excluding carboxylic acids is 2. The van der Waals surface area contributed by atoms with Crippen LogP contribution in [0, 0.1) is 0 Å². The van der Waals surface area contributed by atoms with Crippen LogP contribution in [0.5, 0.6) is 0 Å². The van der Waals surface area contributed by atoms with Crippen molar-refractivity contribution in [2.24, 2.45) is 5.73 Å². The third-order valence-electron chi connectivity index (χ3n) is 6.58. The molecular formula is C22H29N3O5S2. The number of primary amides is 1. The van der Waals surface area contributed by atoms with Crippen LogP contribution in [-0.2, 0) is 19.6 Å². The predicted octanol–water partition coefficient (Wildman–Crippen LogP) is 2.57. The first-order valence-corrected chi connectivity index (χ1v) is 13.3. The van der Waals surface area contributed by atoms with Crippen LogP contribution in [0.15, 0.2) is 29.2 Å². The van der Waals surface area contributed by atoms with E-state index in [0.29, 0.717) is 22.9 Å². The first-order valence-electron chi connectivity index (χ1n) is 11.0. The van der Waals surface area contributed by atoms with Gasteiger partial charge in [0.1, 0.15) is 15.3 Å². The molecule has 0 unspecified atom stereocenters. The van der Waals surface area contributed by atoms with E-state index in [1.807, 2.05) is 6.07 Å². The van der Waals surface area contributed by atoms with E-state index in [4.69, 9.17) is 10.5 Å². The Hall–Kier alpha value is -2.01. The zero-order valence-corrected chi connectivity index (χ0v) is 19.8. The molecule has 2 aliphatic heterocycles. The van der Waals surface area contributed by atoms with Gasteiger partial charge >= 0.3 is 5.97 Å². The second kappa shape index (κ2) is 9.09. The highest BCUT2D eigenvalue weighted by Crippen LogP contribution is 2.39. The number of carbonyl (C=O) groups is 2. The van der Waals surface area contributed by atoms with Gasteiger partial charge in [0.2, 0.25) is 15.9 Å². The Labute approximate surface area is 192 Å². The summed E-state index contributed by atoms with van der Waals surface area (Å²) in [6, 6.07) is 7.08. The van der Waals surface area contributed by atoms with Crippen molar-refractivity contribution in [3.05, 3.63) is 29.1 Å². The van der Waals surface area contributed by atoms with Gasteiger partial charge in [-0.1, -0.05) is 24.6 Å². The number of sulfonamides is 1. The SMILES string of the molecule is CCOC(=O)c1sc2ccccc2c1S(=O)(=O)N1CCC(C(N)=O)(N2CCCCC2)CC1. The van der Waals surface area contributed by atoms with Crippen molar-refractivity contribution in [2.45, 2.75) is 49.5 Å². The summed E-state index contributed by atoms with van der Waals surface area (Å²) in [6.45, 7) is 3.81. The van der Waals surface area contributed by atoms with Gasteiger partial charge in [0.15, 0.2) is 0 Å². The number of fused-ring (bicyclic) bond motifs is 1. The Kier molecular flexibility index (Phi) is 6.58. The number of thiophene rings is 1. The molecule has 4 rings (SSSR count). The second-order valence-corrected chi connectivity index (χ2v) is 11.3. The van der Waals surface area contributed by atoms with Crippen LogP contribution in [-0.4, -0.2) is 67.8 Å². The van der Waals surface area contributed by atoms with Crippen LogP contribution in [0.4, 0.5) is 0 Å². The number of nitrogens with zero attached hydrogens (tertiary/aromatic N) is 2. The Morgan fingerprint density at radius 3 is 2.38 bits per heavy atom. The summed E-state index contributed by atoms with van der Waals surface area (Å²) < 4.78 is 34.7. The number of ether oxygens (including phenoxy) is 1. The second-order valence-electron chi connectivity index (χ2n) is 8.32. The minimum Gasteiger partial charge on any atom is -0.462 e. The molecule has 10 heteroatoms. The van der Waals surface area contributed by atoms with Crippen LogP contribution in [0.1, 0.15) is 48.7 Å². The maximum atomic E-state index is 13.7. The van der Waals surface area contributed by atoms with Gasteiger partial charge in [-0.15, -0.1) is 11.3 Å². The summed E-state index contributed by atoms with van der Waals surface area (Å²) in [7, 11) is -3.97. The lowest BCUT2D eigenvalue weighted by molar-refractivity contribution is -0.134. The highest BCUT2D eigenvalue weighted by Gasteiger charge is 2.47. The topological polar surface area (TPSA) is 110 Å². The Balaban J connectivity index is 1.67. The number of hydrogen-bond donors (Lipinski definition) is 1. The van der Waals surface area contributed by atoms with Crippen LogP contribution in [0.2, 0.25) is 0 Å². The zero-order valence-electron chi connectivity index (χ0n) is 18.2. The number of likely N-dealkylation sites (tertiary alicyclic amines) is 1. The minimum absolute atomic E-state index is 0.00102. The zero-order chi connectivity index (χ0) is 22.9. The maximum Gasteiger partial charge on any atom is 0.349 e. The monoisotopic (exact) mass is 479 g/mol. The molecule has 3 heterocycles. The van der Waals surface area contributed by atoms with Crippen molar-refractivity contribution < 1.29 is 22.7 Å². The summed E-state index contributed by atoms with van der Waals surface area (Å²) in [4.78, 5) is 27.3. The molecular weight excluding hydrogens is 450 g/mol. The fourth-order valence-corrected chi connectivity index (χ4v) is 8.07. The molecule has 1 aromatic carbocycles. The van der Waals surface area contributed by atoms with Gasteiger partial charge in [-0.25, -0.2) is 13.2 Å². The molecule has 2 aromatic rings. The number of hydrogen-bond acceptors (Lipinski definition) is 7. The van der Waals surface area contributed by atoms with Crippen LogP contribution >= 0.6 is 11.3 Å². The van der Waals surface area contributed by atoms with Crippen molar-refractivity contribution in [3.8, 4) is 0 Å². The number of rotatable bonds is 6. The van der Waals surface area contributed by atoms with E-state index in [-0.39, 0.29) is 35.4 Å². The number of amides is 1. The maximum absolute atomic E-state index is 13.7. The van der Waals surface area contributed by atoms with Crippen LogP contribution in [0.3, 0.4) is 0 Å². The Bertz CT molecular complexity index is 1110. The van der Waals surface area contributed by atoms with E-state index >= 15 is 0 Å². The van der Waals surface area contributed by atoms with E-state index in [1.54, 1.807) is 25.1 Å². The smallest absolute Gasteiger partial charge is 0.349 e. The van der Waals surface area contributed by atoms with Gasteiger partial charge in [0.05, 0.1) is 6.61 Å². The summed E-state index contributed by atoms with van der Waals surface area (Å²) in [5, 5.41) is 0.517. The highest BCUT2D eigenvalue weighted by molar-refractivity contribution is 7.89. The number of esters is 1. The standard InChI is InChI=1S/C22H29N3O5S2/c1-2-30-20(26)18-19(16-8-4-5-9-17(16)31-18)32(28,29)25-14-10-22(11-15-25,21(23)27)24-12-6-3-7-13-24/h4-5,8-9H,2-3,6-7,10-15H2,1H3,(H2,23,27). The molecule has 0 radical (unpaired) electrons. The normalized spacial score (nSPS) is 20.3. The molecule has 2 aliphatic rings. The number of piperidine rings is 2. The van der Waals surface area contributed by atoms with Crippen molar-refractivity contribution in [1.82, 2.24) is 9.21 Å². The molecule has 2 saturated heterocycles. The average Bonchev–Trinajstić information content (AvgIpc) is 3.20. The molecule has 0 aliphatic carbocycles. The fraction of sp³-hybridized carbons (Fsp3) is 0.545. The lowest BCUT2D eigenvalue weighted by Crippen LogP contribution is -2.63. The molecule has 2 N–H and O–H groups in total. The molecule has 2 fully saturated rings. The van der Waals surface area contributed by atoms with Gasteiger partial charge in [0.25, 0.3) is 0 Å². The summed E-state index contributed by atoms with van der Waals surface area (Å²) in [5.41, 5.74) is 5.03. The molecule has 0 atom stereocenters. The third-order valence-corrected chi connectivity index (χ3v) is 9.84. The Morgan fingerprint density at radius 2 is 1.75 bits per heavy atom. The van der Waals surface area contributed by atoms with E-state index < -0.39 is 21.5 Å². The van der Waals surface area contributed by atoms with Gasteiger partial charge < -0.3 is 10.5 Å².